The van der Waals surface area contributed by atoms with E-state index in [0.29, 0.717) is 31.7 Å². The van der Waals surface area contributed by atoms with Crippen molar-refractivity contribution in [2.24, 2.45) is 0 Å². The van der Waals surface area contributed by atoms with E-state index in [4.69, 9.17) is 10.5 Å². The summed E-state index contributed by atoms with van der Waals surface area (Å²) in [6.07, 6.45) is 0.599. The second kappa shape index (κ2) is 5.44. The molecule has 19 heavy (non-hydrogen) atoms. The quantitative estimate of drug-likeness (QED) is 0.828. The number of hydrogen-bond acceptors (Lipinski definition) is 4. The van der Waals surface area contributed by atoms with Crippen LogP contribution in [0.3, 0.4) is 0 Å². The molecule has 1 heterocycles. The van der Waals surface area contributed by atoms with E-state index in [9.17, 15) is 12.8 Å². The molecule has 0 aliphatic carbocycles. The van der Waals surface area contributed by atoms with Gasteiger partial charge in [0.15, 0.2) is 0 Å². The molecule has 5 nitrogen and oxygen atoms in total. The van der Waals surface area contributed by atoms with Crippen LogP contribution in [0.1, 0.15) is 12.0 Å². The van der Waals surface area contributed by atoms with Crippen LogP contribution >= 0.6 is 0 Å². The van der Waals surface area contributed by atoms with E-state index >= 15 is 0 Å². The van der Waals surface area contributed by atoms with Gasteiger partial charge in [0.1, 0.15) is 10.7 Å². The summed E-state index contributed by atoms with van der Waals surface area (Å²) in [5.41, 5.74) is 6.47. The number of nitrogen functional groups attached to an aromatic ring is 1. The molecule has 1 aliphatic rings. The highest BCUT2D eigenvalue weighted by Gasteiger charge is 2.28. The van der Waals surface area contributed by atoms with Gasteiger partial charge in [-0.15, -0.1) is 0 Å². The maximum Gasteiger partial charge on any atom is 0.246 e. The number of anilines is 1. The van der Waals surface area contributed by atoms with E-state index < -0.39 is 15.8 Å². The topological polar surface area (TPSA) is 72.6 Å². The number of rotatable bonds is 2. The standard InChI is InChI=1S/C12H17FN2O3S/c1-9-7-10(13)12(8-11(9)14)19(16,17)15-3-2-5-18-6-4-15/h7-8H,2-6,14H2,1H3. The van der Waals surface area contributed by atoms with Crippen molar-refractivity contribution in [3.63, 3.8) is 0 Å². The third kappa shape index (κ3) is 2.88. The van der Waals surface area contributed by atoms with Gasteiger partial charge in [0.05, 0.1) is 6.61 Å². The van der Waals surface area contributed by atoms with Crippen LogP contribution in [-0.2, 0) is 14.8 Å². The first-order chi connectivity index (χ1) is 8.93. The fraction of sp³-hybridized carbons (Fsp3) is 0.500. The molecular weight excluding hydrogens is 271 g/mol. The van der Waals surface area contributed by atoms with Crippen molar-refractivity contribution in [1.29, 1.82) is 0 Å². The Morgan fingerprint density at radius 3 is 2.79 bits per heavy atom. The van der Waals surface area contributed by atoms with E-state index in [-0.39, 0.29) is 17.1 Å². The maximum absolute atomic E-state index is 13.9. The number of nitrogens with zero attached hydrogens (tertiary/aromatic N) is 1. The lowest BCUT2D eigenvalue weighted by molar-refractivity contribution is 0.148. The zero-order valence-corrected chi connectivity index (χ0v) is 11.5. The summed E-state index contributed by atoms with van der Waals surface area (Å²) in [4.78, 5) is -0.363. The zero-order valence-electron chi connectivity index (χ0n) is 10.7. The number of hydrogen-bond donors (Lipinski definition) is 1. The van der Waals surface area contributed by atoms with Crippen LogP contribution in [0.2, 0.25) is 0 Å². The minimum Gasteiger partial charge on any atom is -0.398 e. The van der Waals surface area contributed by atoms with Crippen molar-refractivity contribution < 1.29 is 17.5 Å². The molecule has 0 bridgehead atoms. The van der Waals surface area contributed by atoms with Gasteiger partial charge in [-0.05, 0) is 31.0 Å². The predicted octanol–water partition coefficient (Wildman–Crippen LogP) is 1.13. The fourth-order valence-electron chi connectivity index (χ4n) is 1.97. The molecule has 0 unspecified atom stereocenters. The Bertz CT molecular complexity index is 567. The number of aryl methyl sites for hydroxylation is 1. The molecular formula is C12H17FN2O3S. The van der Waals surface area contributed by atoms with Gasteiger partial charge in [0.2, 0.25) is 10.0 Å². The van der Waals surface area contributed by atoms with Gasteiger partial charge < -0.3 is 10.5 Å². The number of nitrogens with two attached hydrogens (primary N) is 1. The number of sulfonamides is 1. The van der Waals surface area contributed by atoms with Crippen LogP contribution in [-0.4, -0.2) is 39.0 Å². The number of benzene rings is 1. The molecule has 0 aromatic heterocycles. The summed E-state index contributed by atoms with van der Waals surface area (Å²) in [5, 5.41) is 0. The Hall–Kier alpha value is -1.18. The van der Waals surface area contributed by atoms with Crippen LogP contribution < -0.4 is 5.73 Å². The molecule has 1 aromatic rings. The molecule has 0 amide bonds. The van der Waals surface area contributed by atoms with Gasteiger partial charge >= 0.3 is 0 Å². The first-order valence-corrected chi connectivity index (χ1v) is 7.50. The van der Waals surface area contributed by atoms with E-state index in [2.05, 4.69) is 0 Å². The molecule has 1 saturated heterocycles. The van der Waals surface area contributed by atoms with Crippen LogP contribution in [0.25, 0.3) is 0 Å². The van der Waals surface area contributed by atoms with Crippen molar-refractivity contribution in [2.75, 3.05) is 32.0 Å². The van der Waals surface area contributed by atoms with Gasteiger partial charge in [0, 0.05) is 25.4 Å². The molecule has 1 aliphatic heterocycles. The Balaban J connectivity index is 2.41. The minimum absolute atomic E-state index is 0.232. The Morgan fingerprint density at radius 2 is 2.05 bits per heavy atom. The van der Waals surface area contributed by atoms with Crippen LogP contribution in [0, 0.1) is 12.7 Å². The molecule has 1 fully saturated rings. The average Bonchev–Trinajstić information content (AvgIpc) is 2.62. The van der Waals surface area contributed by atoms with Gasteiger partial charge in [-0.3, -0.25) is 0 Å². The second-order valence-electron chi connectivity index (χ2n) is 4.51. The molecule has 0 atom stereocenters. The number of ether oxygens (including phenoxy) is 1. The van der Waals surface area contributed by atoms with E-state index in [1.165, 1.54) is 10.4 Å². The Morgan fingerprint density at radius 1 is 1.32 bits per heavy atom. The Kier molecular flexibility index (Phi) is 4.07. The highest BCUT2D eigenvalue weighted by molar-refractivity contribution is 7.89. The monoisotopic (exact) mass is 288 g/mol. The van der Waals surface area contributed by atoms with E-state index in [0.717, 1.165) is 6.07 Å². The van der Waals surface area contributed by atoms with Crippen LogP contribution in [0.15, 0.2) is 17.0 Å². The molecule has 7 heteroatoms. The number of halogens is 1. The summed E-state index contributed by atoms with van der Waals surface area (Å²) in [7, 11) is -3.86. The summed E-state index contributed by atoms with van der Waals surface area (Å²) in [6, 6.07) is 2.34. The molecule has 1 aromatic carbocycles. The molecule has 106 valence electrons. The predicted molar refractivity (Wildman–Crippen MR) is 69.7 cm³/mol. The molecule has 2 rings (SSSR count). The molecule has 0 radical (unpaired) electrons. The average molecular weight is 288 g/mol. The van der Waals surface area contributed by atoms with Gasteiger partial charge in [0.25, 0.3) is 0 Å². The third-order valence-corrected chi connectivity index (χ3v) is 5.03. The zero-order chi connectivity index (χ0) is 14.0. The smallest absolute Gasteiger partial charge is 0.246 e. The van der Waals surface area contributed by atoms with Crippen molar-refractivity contribution in [2.45, 2.75) is 18.2 Å². The molecule has 0 saturated carbocycles. The Labute approximate surface area is 112 Å². The van der Waals surface area contributed by atoms with Crippen LogP contribution in [0.4, 0.5) is 10.1 Å². The maximum atomic E-state index is 13.9. The summed E-state index contributed by atoms with van der Waals surface area (Å²) >= 11 is 0. The van der Waals surface area contributed by atoms with Gasteiger partial charge in [-0.1, -0.05) is 0 Å². The minimum atomic E-state index is -3.86. The second-order valence-corrected chi connectivity index (χ2v) is 6.42. The van der Waals surface area contributed by atoms with Crippen molar-refractivity contribution >= 4 is 15.7 Å². The summed E-state index contributed by atoms with van der Waals surface area (Å²) in [6.45, 7) is 3.03. The normalized spacial score (nSPS) is 18.2. The lowest BCUT2D eigenvalue weighted by Crippen LogP contribution is -2.33. The first-order valence-electron chi connectivity index (χ1n) is 6.06. The third-order valence-electron chi connectivity index (χ3n) is 3.12. The highest BCUT2D eigenvalue weighted by Crippen LogP contribution is 2.25. The highest BCUT2D eigenvalue weighted by atomic mass is 32.2. The summed E-state index contributed by atoms with van der Waals surface area (Å²) in [5.74, 6) is -0.767. The largest absolute Gasteiger partial charge is 0.398 e. The SMILES string of the molecule is Cc1cc(F)c(S(=O)(=O)N2CCCOCC2)cc1N. The summed E-state index contributed by atoms with van der Waals surface area (Å²) < 4.78 is 45.1. The van der Waals surface area contributed by atoms with Gasteiger partial charge in [-0.2, -0.15) is 4.31 Å². The van der Waals surface area contributed by atoms with E-state index in [1.54, 1.807) is 6.92 Å². The van der Waals surface area contributed by atoms with Crippen LogP contribution in [0.5, 0.6) is 0 Å². The fourth-order valence-corrected chi connectivity index (χ4v) is 3.51. The lowest BCUT2D eigenvalue weighted by atomic mass is 10.2. The first kappa shape index (κ1) is 14.2. The van der Waals surface area contributed by atoms with Crippen molar-refractivity contribution in [3.8, 4) is 0 Å². The molecule has 2 N–H and O–H groups in total. The van der Waals surface area contributed by atoms with E-state index in [1.807, 2.05) is 0 Å². The molecule has 0 spiro atoms. The van der Waals surface area contributed by atoms with Crippen molar-refractivity contribution in [1.82, 2.24) is 4.31 Å². The van der Waals surface area contributed by atoms with Crippen molar-refractivity contribution in [3.05, 3.63) is 23.5 Å². The lowest BCUT2D eigenvalue weighted by Gasteiger charge is -2.20. The van der Waals surface area contributed by atoms with Gasteiger partial charge in [-0.25, -0.2) is 12.8 Å².